The molecule has 0 amide bonds. The van der Waals surface area contributed by atoms with E-state index in [1.54, 1.807) is 12.1 Å². The molecule has 0 aromatic heterocycles. The first kappa shape index (κ1) is 14.9. The Balaban J connectivity index is 1.85. The van der Waals surface area contributed by atoms with Crippen molar-refractivity contribution in [3.8, 4) is 0 Å². The molecule has 1 fully saturated rings. The first-order valence-electron chi connectivity index (χ1n) is 7.36. The third-order valence-corrected chi connectivity index (χ3v) is 4.60. The quantitative estimate of drug-likeness (QED) is 0.681. The fourth-order valence-corrected chi connectivity index (χ4v) is 2.95. The molecule has 1 aliphatic carbocycles. The van der Waals surface area contributed by atoms with Crippen LogP contribution in [0.4, 0.5) is 4.39 Å². The molecule has 1 aromatic rings. The van der Waals surface area contributed by atoms with Crippen LogP contribution in [-0.2, 0) is 0 Å². The SMILES string of the molecule is CCSCCCC(CNC1CC1)c1ccc(F)cc1. The van der Waals surface area contributed by atoms with Gasteiger partial charge < -0.3 is 5.32 Å². The average molecular weight is 281 g/mol. The van der Waals surface area contributed by atoms with Gasteiger partial charge in [0, 0.05) is 12.6 Å². The molecule has 0 spiro atoms. The van der Waals surface area contributed by atoms with Crippen LogP contribution in [0.5, 0.6) is 0 Å². The standard InChI is InChI=1S/C16H24FNS/c1-2-19-11-3-4-14(12-18-16-9-10-16)13-5-7-15(17)8-6-13/h5-8,14,16,18H,2-4,9-12H2,1H3. The summed E-state index contributed by atoms with van der Waals surface area (Å²) in [5, 5.41) is 3.61. The molecule has 0 saturated heterocycles. The average Bonchev–Trinajstić information content (AvgIpc) is 3.23. The van der Waals surface area contributed by atoms with E-state index in [1.165, 1.54) is 42.8 Å². The summed E-state index contributed by atoms with van der Waals surface area (Å²) in [6.45, 7) is 3.24. The maximum atomic E-state index is 13.0. The lowest BCUT2D eigenvalue weighted by molar-refractivity contribution is 0.542. The molecule has 3 heteroatoms. The number of nitrogens with one attached hydrogen (secondary N) is 1. The fourth-order valence-electron chi connectivity index (χ4n) is 2.29. The van der Waals surface area contributed by atoms with Gasteiger partial charge in [-0.05, 0) is 60.8 Å². The van der Waals surface area contributed by atoms with E-state index in [4.69, 9.17) is 0 Å². The highest BCUT2D eigenvalue weighted by Crippen LogP contribution is 2.25. The molecule has 2 rings (SSSR count). The molecule has 0 aliphatic heterocycles. The van der Waals surface area contributed by atoms with E-state index in [9.17, 15) is 4.39 Å². The van der Waals surface area contributed by atoms with E-state index in [1.807, 2.05) is 23.9 Å². The second kappa shape index (κ2) is 7.91. The molecule has 19 heavy (non-hydrogen) atoms. The van der Waals surface area contributed by atoms with E-state index in [0.29, 0.717) is 5.92 Å². The van der Waals surface area contributed by atoms with Crippen LogP contribution < -0.4 is 5.32 Å². The third-order valence-electron chi connectivity index (χ3n) is 3.62. The van der Waals surface area contributed by atoms with Crippen LogP contribution in [-0.4, -0.2) is 24.1 Å². The number of hydrogen-bond acceptors (Lipinski definition) is 2. The van der Waals surface area contributed by atoms with E-state index >= 15 is 0 Å². The smallest absolute Gasteiger partial charge is 0.123 e. The summed E-state index contributed by atoms with van der Waals surface area (Å²) in [6.07, 6.45) is 5.08. The van der Waals surface area contributed by atoms with E-state index in [-0.39, 0.29) is 5.82 Å². The highest BCUT2D eigenvalue weighted by atomic mass is 32.2. The van der Waals surface area contributed by atoms with Crippen molar-refractivity contribution in [3.05, 3.63) is 35.6 Å². The van der Waals surface area contributed by atoms with Gasteiger partial charge in [-0.3, -0.25) is 0 Å². The van der Waals surface area contributed by atoms with Crippen molar-refractivity contribution < 1.29 is 4.39 Å². The molecular weight excluding hydrogens is 257 g/mol. The van der Waals surface area contributed by atoms with E-state index in [0.717, 1.165) is 12.6 Å². The number of rotatable bonds is 9. The van der Waals surface area contributed by atoms with E-state index in [2.05, 4.69) is 12.2 Å². The van der Waals surface area contributed by atoms with Crippen molar-refractivity contribution >= 4 is 11.8 Å². The highest BCUT2D eigenvalue weighted by Gasteiger charge is 2.22. The Hall–Kier alpha value is -0.540. The maximum Gasteiger partial charge on any atom is 0.123 e. The minimum Gasteiger partial charge on any atom is -0.313 e. The van der Waals surface area contributed by atoms with Gasteiger partial charge in [0.1, 0.15) is 5.82 Å². The summed E-state index contributed by atoms with van der Waals surface area (Å²) in [7, 11) is 0. The van der Waals surface area contributed by atoms with Crippen molar-refractivity contribution in [2.75, 3.05) is 18.1 Å². The van der Waals surface area contributed by atoms with Crippen LogP contribution in [0.15, 0.2) is 24.3 Å². The normalized spacial score (nSPS) is 16.5. The summed E-state index contributed by atoms with van der Waals surface area (Å²) >= 11 is 2.00. The molecule has 1 saturated carbocycles. The van der Waals surface area contributed by atoms with Gasteiger partial charge in [0.05, 0.1) is 0 Å². The zero-order valence-corrected chi connectivity index (χ0v) is 12.5. The second-order valence-corrected chi connectivity index (χ2v) is 6.66. The van der Waals surface area contributed by atoms with Crippen LogP contribution in [0.3, 0.4) is 0 Å². The number of thioether (sulfide) groups is 1. The van der Waals surface area contributed by atoms with Crippen molar-refractivity contribution in [2.24, 2.45) is 0 Å². The molecule has 1 atom stereocenters. The molecule has 0 heterocycles. The topological polar surface area (TPSA) is 12.0 Å². The predicted octanol–water partition coefficient (Wildman–Crippen LogP) is 4.19. The summed E-state index contributed by atoms with van der Waals surface area (Å²) in [6, 6.07) is 7.80. The van der Waals surface area contributed by atoms with Gasteiger partial charge in [-0.2, -0.15) is 11.8 Å². The van der Waals surface area contributed by atoms with Gasteiger partial charge in [-0.15, -0.1) is 0 Å². The van der Waals surface area contributed by atoms with E-state index < -0.39 is 0 Å². The van der Waals surface area contributed by atoms with Gasteiger partial charge in [0.25, 0.3) is 0 Å². The van der Waals surface area contributed by atoms with Gasteiger partial charge in [-0.25, -0.2) is 4.39 Å². The Labute approximate surface area is 120 Å². The van der Waals surface area contributed by atoms with Crippen LogP contribution in [0.25, 0.3) is 0 Å². The predicted molar refractivity (Wildman–Crippen MR) is 82.4 cm³/mol. The van der Waals surface area contributed by atoms with Crippen molar-refractivity contribution in [2.45, 2.75) is 44.6 Å². The van der Waals surface area contributed by atoms with Gasteiger partial charge in [0.15, 0.2) is 0 Å². The van der Waals surface area contributed by atoms with Gasteiger partial charge in [-0.1, -0.05) is 19.1 Å². The zero-order chi connectivity index (χ0) is 13.5. The minimum absolute atomic E-state index is 0.140. The van der Waals surface area contributed by atoms with Crippen LogP contribution in [0, 0.1) is 5.82 Å². The summed E-state index contributed by atoms with van der Waals surface area (Å²) in [5.41, 5.74) is 1.27. The van der Waals surface area contributed by atoms with Crippen molar-refractivity contribution in [1.82, 2.24) is 5.32 Å². The molecule has 1 N–H and O–H groups in total. The Morgan fingerprint density at radius 3 is 2.68 bits per heavy atom. The Morgan fingerprint density at radius 2 is 2.05 bits per heavy atom. The first-order chi connectivity index (χ1) is 9.29. The maximum absolute atomic E-state index is 13.0. The van der Waals surface area contributed by atoms with Crippen LogP contribution in [0.1, 0.15) is 44.1 Å². The summed E-state index contributed by atoms with van der Waals surface area (Å²) in [5.74, 6) is 2.82. The Bertz CT molecular complexity index is 362. The molecule has 0 radical (unpaired) electrons. The number of benzene rings is 1. The Morgan fingerprint density at radius 1 is 1.32 bits per heavy atom. The number of halogens is 1. The molecule has 1 unspecified atom stereocenters. The van der Waals surface area contributed by atoms with Gasteiger partial charge >= 0.3 is 0 Å². The van der Waals surface area contributed by atoms with Crippen molar-refractivity contribution in [1.29, 1.82) is 0 Å². The third kappa shape index (κ3) is 5.53. The lowest BCUT2D eigenvalue weighted by Crippen LogP contribution is -2.23. The minimum atomic E-state index is -0.140. The van der Waals surface area contributed by atoms with Gasteiger partial charge in [0.2, 0.25) is 0 Å². The molecule has 106 valence electrons. The number of hydrogen-bond donors (Lipinski definition) is 1. The molecular formula is C16H24FNS. The summed E-state index contributed by atoms with van der Waals surface area (Å²) in [4.78, 5) is 0. The van der Waals surface area contributed by atoms with Crippen LogP contribution in [0.2, 0.25) is 0 Å². The summed E-state index contributed by atoms with van der Waals surface area (Å²) < 4.78 is 13.0. The zero-order valence-electron chi connectivity index (χ0n) is 11.7. The second-order valence-electron chi connectivity index (χ2n) is 5.27. The first-order valence-corrected chi connectivity index (χ1v) is 8.51. The Kier molecular flexibility index (Phi) is 6.18. The molecule has 0 bridgehead atoms. The fraction of sp³-hybridized carbons (Fsp3) is 0.625. The van der Waals surface area contributed by atoms with Crippen LogP contribution >= 0.6 is 11.8 Å². The molecule has 1 nitrogen and oxygen atoms in total. The monoisotopic (exact) mass is 281 g/mol. The molecule has 1 aliphatic rings. The largest absolute Gasteiger partial charge is 0.313 e. The lowest BCUT2D eigenvalue weighted by Gasteiger charge is -2.18. The highest BCUT2D eigenvalue weighted by molar-refractivity contribution is 7.99. The van der Waals surface area contributed by atoms with Crippen molar-refractivity contribution in [3.63, 3.8) is 0 Å². The molecule has 1 aromatic carbocycles. The lowest BCUT2D eigenvalue weighted by atomic mass is 9.94.